The van der Waals surface area contributed by atoms with E-state index in [4.69, 9.17) is 0 Å². The van der Waals surface area contributed by atoms with Crippen molar-refractivity contribution in [3.05, 3.63) is 94.8 Å². The zero-order valence-electron chi connectivity index (χ0n) is 15.5. The normalized spacial score (nSPS) is 13.2. The molecule has 2 aromatic carbocycles. The van der Waals surface area contributed by atoms with Crippen LogP contribution in [0.1, 0.15) is 32.6 Å². The van der Waals surface area contributed by atoms with Gasteiger partial charge in [-0.15, -0.1) is 0 Å². The van der Waals surface area contributed by atoms with Gasteiger partial charge >= 0.3 is 6.18 Å². The van der Waals surface area contributed by atoms with Gasteiger partial charge in [-0.3, -0.25) is 4.79 Å². The van der Waals surface area contributed by atoms with Crippen LogP contribution in [0.3, 0.4) is 0 Å². The summed E-state index contributed by atoms with van der Waals surface area (Å²) in [5.74, 6) is -0.0710. The number of hydrogen-bond acceptors (Lipinski definition) is 3. The van der Waals surface area contributed by atoms with E-state index in [0.717, 1.165) is 17.8 Å². The van der Waals surface area contributed by atoms with Crippen LogP contribution < -0.4 is 10.6 Å². The predicted molar refractivity (Wildman–Crippen MR) is 110 cm³/mol. The molecule has 3 aromatic rings. The van der Waals surface area contributed by atoms with Crippen molar-refractivity contribution in [2.24, 2.45) is 0 Å². The molecule has 1 N–H and O–H groups in total. The lowest BCUT2D eigenvalue weighted by Crippen LogP contribution is -2.18. The van der Waals surface area contributed by atoms with Crippen LogP contribution >= 0.6 is 0 Å². The molecule has 0 spiro atoms. The molecular formula is C23H15F3N3O. The van der Waals surface area contributed by atoms with Crippen molar-refractivity contribution in [2.75, 3.05) is 5.32 Å². The van der Waals surface area contributed by atoms with Gasteiger partial charge in [-0.1, -0.05) is 42.5 Å². The predicted octanol–water partition coefficient (Wildman–Crippen LogP) is 5.74. The minimum Gasteiger partial charge on any atom is -0.340 e. The Morgan fingerprint density at radius 2 is 1.77 bits per heavy atom. The van der Waals surface area contributed by atoms with Gasteiger partial charge in [0.05, 0.1) is 11.1 Å². The summed E-state index contributed by atoms with van der Waals surface area (Å²) < 4.78 is 38.8. The molecule has 30 heavy (non-hydrogen) atoms. The van der Waals surface area contributed by atoms with Gasteiger partial charge in [-0.05, 0) is 35.9 Å². The van der Waals surface area contributed by atoms with E-state index in [1.54, 1.807) is 30.5 Å². The number of halogens is 3. The molecule has 0 saturated carbocycles. The molecule has 0 unspecified atom stereocenters. The zero-order chi connectivity index (χ0) is 21.1. The largest absolute Gasteiger partial charge is 0.416 e. The number of rotatable bonds is 4. The Hall–Kier alpha value is -3.87. The molecule has 1 radical (unpaired) electrons. The summed E-state index contributed by atoms with van der Waals surface area (Å²) in [6.07, 6.45) is 3.43. The number of amides is 1. The molecule has 4 rings (SSSR count). The van der Waals surface area contributed by atoms with Gasteiger partial charge in [0.2, 0.25) is 0 Å². The first-order valence-corrected chi connectivity index (χ1v) is 9.04. The van der Waals surface area contributed by atoms with Crippen molar-refractivity contribution in [1.82, 2.24) is 10.3 Å². The molecular weight excluding hydrogens is 391 g/mol. The van der Waals surface area contributed by atoms with Crippen molar-refractivity contribution >= 4 is 35.6 Å². The van der Waals surface area contributed by atoms with Gasteiger partial charge in [0.15, 0.2) is 0 Å². The molecule has 0 aliphatic carbocycles. The second kappa shape index (κ2) is 7.87. The number of hydrogen-bond donors (Lipinski definition) is 1. The van der Waals surface area contributed by atoms with Crippen molar-refractivity contribution in [3.63, 3.8) is 0 Å². The summed E-state index contributed by atoms with van der Waals surface area (Å²) in [5, 5.41) is 6.94. The minimum atomic E-state index is -4.41. The van der Waals surface area contributed by atoms with Crippen LogP contribution in [0.25, 0.3) is 18.2 Å². The highest BCUT2D eigenvalue weighted by Gasteiger charge is 2.30. The number of alkyl halides is 3. The van der Waals surface area contributed by atoms with E-state index in [-0.39, 0.29) is 0 Å². The number of nitrogens with one attached hydrogen (secondary N) is 1. The first-order chi connectivity index (χ1) is 14.4. The fourth-order valence-corrected chi connectivity index (χ4v) is 3.07. The van der Waals surface area contributed by atoms with E-state index >= 15 is 0 Å². The van der Waals surface area contributed by atoms with E-state index < -0.39 is 17.6 Å². The Bertz CT molecular complexity index is 1150. The average molecular weight is 406 g/mol. The molecule has 1 aliphatic rings. The Balaban J connectivity index is 1.70. The maximum absolute atomic E-state index is 12.9. The Labute approximate surface area is 170 Å². The van der Waals surface area contributed by atoms with Gasteiger partial charge in [-0.25, -0.2) is 10.3 Å². The second-order valence-electron chi connectivity index (χ2n) is 6.55. The first-order valence-electron chi connectivity index (χ1n) is 9.04. The maximum atomic E-state index is 12.9. The fraction of sp³-hybridized carbons (Fsp3) is 0.0435. The summed E-state index contributed by atoms with van der Waals surface area (Å²) in [4.78, 5) is 16.8. The van der Waals surface area contributed by atoms with E-state index in [1.807, 2.05) is 30.3 Å². The number of pyridine rings is 1. The van der Waals surface area contributed by atoms with Crippen LogP contribution in [-0.4, -0.2) is 10.9 Å². The number of carbonyl (C=O) groups is 1. The van der Waals surface area contributed by atoms with Crippen LogP contribution in [-0.2, 0) is 6.18 Å². The van der Waals surface area contributed by atoms with E-state index in [2.05, 4.69) is 15.6 Å². The molecule has 2 heterocycles. The number of anilines is 2. The van der Waals surface area contributed by atoms with Crippen LogP contribution in [0.2, 0.25) is 0 Å². The van der Waals surface area contributed by atoms with Crippen molar-refractivity contribution in [1.29, 1.82) is 0 Å². The van der Waals surface area contributed by atoms with Gasteiger partial charge in [0, 0.05) is 29.2 Å². The SMILES string of the molecule is O=C1[N]C=Cc2c(/C=C/c3cccc(C(F)(F)F)c3)cnc(Nc3ccccc3)c21. The lowest BCUT2D eigenvalue weighted by molar-refractivity contribution is -0.137. The van der Waals surface area contributed by atoms with E-state index in [0.29, 0.717) is 28.1 Å². The van der Waals surface area contributed by atoms with Gasteiger partial charge in [-0.2, -0.15) is 13.2 Å². The average Bonchev–Trinajstić information content (AvgIpc) is 2.73. The Kier molecular flexibility index (Phi) is 5.10. The number of nitrogens with zero attached hydrogens (tertiary/aromatic N) is 2. The third kappa shape index (κ3) is 4.10. The molecule has 1 aromatic heterocycles. The highest BCUT2D eigenvalue weighted by Crippen LogP contribution is 2.31. The van der Waals surface area contributed by atoms with E-state index in [9.17, 15) is 18.0 Å². The molecule has 149 valence electrons. The molecule has 1 amide bonds. The maximum Gasteiger partial charge on any atom is 0.416 e. The van der Waals surface area contributed by atoms with Gasteiger partial charge in [0.1, 0.15) is 5.82 Å². The number of aromatic nitrogens is 1. The van der Waals surface area contributed by atoms with Gasteiger partial charge in [0.25, 0.3) is 5.91 Å². The third-order valence-corrected chi connectivity index (χ3v) is 4.50. The van der Waals surface area contributed by atoms with E-state index in [1.165, 1.54) is 12.3 Å². The number of carbonyl (C=O) groups excluding carboxylic acids is 1. The zero-order valence-corrected chi connectivity index (χ0v) is 15.5. The van der Waals surface area contributed by atoms with Gasteiger partial charge < -0.3 is 5.32 Å². The topological polar surface area (TPSA) is 56.1 Å². The summed E-state index contributed by atoms with van der Waals surface area (Å²) in [6, 6.07) is 14.3. The molecule has 7 heteroatoms. The lowest BCUT2D eigenvalue weighted by atomic mass is 9.99. The number of para-hydroxylation sites is 1. The van der Waals surface area contributed by atoms with Crippen LogP contribution in [0.5, 0.6) is 0 Å². The fourth-order valence-electron chi connectivity index (χ4n) is 3.07. The molecule has 1 aliphatic heterocycles. The molecule has 0 fully saturated rings. The summed E-state index contributed by atoms with van der Waals surface area (Å²) in [6.45, 7) is 0. The molecule has 4 nitrogen and oxygen atoms in total. The lowest BCUT2D eigenvalue weighted by Gasteiger charge is -2.16. The standard InChI is InChI=1S/C23H15F3N3O/c24-23(25,26)17-6-4-5-15(13-17)9-10-16-14-28-21(29-18-7-2-1-3-8-18)20-19(16)11-12-27-22(20)30/h1-14H,(H,28,29)/b10-9+. The summed E-state index contributed by atoms with van der Waals surface area (Å²) >= 11 is 0. The van der Waals surface area contributed by atoms with Crippen molar-refractivity contribution < 1.29 is 18.0 Å². The second-order valence-corrected chi connectivity index (χ2v) is 6.55. The monoisotopic (exact) mass is 406 g/mol. The number of benzene rings is 2. The molecule has 0 saturated heterocycles. The van der Waals surface area contributed by atoms with Crippen LogP contribution in [0.15, 0.2) is 67.0 Å². The highest BCUT2D eigenvalue weighted by molar-refractivity contribution is 6.06. The molecule has 0 bridgehead atoms. The molecule has 0 atom stereocenters. The van der Waals surface area contributed by atoms with Crippen molar-refractivity contribution in [2.45, 2.75) is 6.18 Å². The van der Waals surface area contributed by atoms with Crippen LogP contribution in [0, 0.1) is 0 Å². The third-order valence-electron chi connectivity index (χ3n) is 4.50. The smallest absolute Gasteiger partial charge is 0.340 e. The van der Waals surface area contributed by atoms with Crippen molar-refractivity contribution in [3.8, 4) is 0 Å². The van der Waals surface area contributed by atoms with Crippen LogP contribution in [0.4, 0.5) is 24.7 Å². The summed E-state index contributed by atoms with van der Waals surface area (Å²) in [7, 11) is 0. The highest BCUT2D eigenvalue weighted by atomic mass is 19.4. The first kappa shape index (κ1) is 19.4. The Morgan fingerprint density at radius 1 is 0.967 bits per heavy atom. The summed E-state index contributed by atoms with van der Waals surface area (Å²) in [5.41, 5.74) is 1.95. The Morgan fingerprint density at radius 3 is 2.53 bits per heavy atom. The minimum absolute atomic E-state index is 0.313. The number of fused-ring (bicyclic) bond motifs is 1. The quantitative estimate of drug-likeness (QED) is 0.601.